The summed E-state index contributed by atoms with van der Waals surface area (Å²) in [7, 11) is 0. The van der Waals surface area contributed by atoms with Gasteiger partial charge in [0.25, 0.3) is 0 Å². The zero-order valence-corrected chi connectivity index (χ0v) is 9.51. The van der Waals surface area contributed by atoms with Gasteiger partial charge in [-0.25, -0.2) is 4.79 Å². The third kappa shape index (κ3) is 1.68. The topological polar surface area (TPSA) is 62.3 Å². The van der Waals surface area contributed by atoms with Crippen LogP contribution in [0.1, 0.15) is 0 Å². The van der Waals surface area contributed by atoms with E-state index in [2.05, 4.69) is 4.98 Å². The van der Waals surface area contributed by atoms with E-state index in [-0.39, 0.29) is 6.61 Å². The van der Waals surface area contributed by atoms with E-state index in [9.17, 15) is 4.79 Å². The second-order valence-corrected chi connectivity index (χ2v) is 4.03. The van der Waals surface area contributed by atoms with Crippen molar-refractivity contribution in [2.45, 2.75) is 0 Å². The Morgan fingerprint density at radius 2 is 1.89 bits per heavy atom. The number of para-hydroxylation sites is 2. The molecule has 4 nitrogen and oxygen atoms in total. The molecule has 2 aromatic carbocycles. The molecule has 18 heavy (non-hydrogen) atoms. The summed E-state index contributed by atoms with van der Waals surface area (Å²) < 4.78 is 5.28. The minimum Gasteiger partial charge on any atom is -0.480 e. The third-order valence-corrected chi connectivity index (χ3v) is 2.85. The van der Waals surface area contributed by atoms with Crippen LogP contribution in [0.3, 0.4) is 0 Å². The fourth-order valence-corrected chi connectivity index (χ4v) is 2.11. The first-order valence-electron chi connectivity index (χ1n) is 5.60. The van der Waals surface area contributed by atoms with Gasteiger partial charge in [-0.15, -0.1) is 0 Å². The highest BCUT2D eigenvalue weighted by molar-refractivity contribution is 6.09. The minimum atomic E-state index is -0.983. The van der Waals surface area contributed by atoms with Gasteiger partial charge in [0.2, 0.25) is 0 Å². The number of fused-ring (bicyclic) bond motifs is 3. The maximum absolute atomic E-state index is 10.5. The highest BCUT2D eigenvalue weighted by atomic mass is 16.5. The van der Waals surface area contributed by atoms with Crippen LogP contribution in [0.15, 0.2) is 42.5 Å². The number of ether oxygens (including phenoxy) is 1. The first-order chi connectivity index (χ1) is 8.75. The second kappa shape index (κ2) is 4.07. The zero-order valence-electron chi connectivity index (χ0n) is 9.51. The third-order valence-electron chi connectivity index (χ3n) is 2.85. The summed E-state index contributed by atoms with van der Waals surface area (Å²) in [6, 6.07) is 13.5. The molecule has 0 aliphatic rings. The van der Waals surface area contributed by atoms with E-state index in [0.717, 1.165) is 21.8 Å². The van der Waals surface area contributed by atoms with Crippen molar-refractivity contribution in [3.63, 3.8) is 0 Å². The SMILES string of the molecule is O=C(O)COc1cccc2c1[nH]c1ccccc12. The Morgan fingerprint density at radius 1 is 1.11 bits per heavy atom. The van der Waals surface area contributed by atoms with Gasteiger partial charge < -0.3 is 14.8 Å². The van der Waals surface area contributed by atoms with E-state index >= 15 is 0 Å². The fourth-order valence-electron chi connectivity index (χ4n) is 2.11. The summed E-state index contributed by atoms with van der Waals surface area (Å²) in [5, 5.41) is 10.8. The average molecular weight is 241 g/mol. The van der Waals surface area contributed by atoms with Crippen LogP contribution < -0.4 is 4.74 Å². The molecule has 2 N–H and O–H groups in total. The van der Waals surface area contributed by atoms with Crippen molar-refractivity contribution < 1.29 is 14.6 Å². The van der Waals surface area contributed by atoms with Gasteiger partial charge in [-0.05, 0) is 12.1 Å². The van der Waals surface area contributed by atoms with Crippen LogP contribution in [-0.2, 0) is 4.79 Å². The van der Waals surface area contributed by atoms with Gasteiger partial charge >= 0.3 is 5.97 Å². The molecular formula is C14H11NO3. The largest absolute Gasteiger partial charge is 0.480 e. The molecule has 0 aliphatic carbocycles. The number of hydrogen-bond acceptors (Lipinski definition) is 2. The number of carbonyl (C=O) groups is 1. The van der Waals surface area contributed by atoms with Crippen LogP contribution in [0, 0.1) is 0 Å². The average Bonchev–Trinajstić information content (AvgIpc) is 2.75. The quantitative estimate of drug-likeness (QED) is 0.741. The monoisotopic (exact) mass is 241 g/mol. The Bertz CT molecular complexity index is 730. The van der Waals surface area contributed by atoms with Crippen LogP contribution in [0.25, 0.3) is 21.8 Å². The number of H-pyrrole nitrogens is 1. The van der Waals surface area contributed by atoms with E-state index in [1.165, 1.54) is 0 Å². The standard InChI is InChI=1S/C14H11NO3/c16-13(17)8-18-12-7-3-5-10-9-4-1-2-6-11(9)15-14(10)12/h1-7,15H,8H2,(H,16,17). The summed E-state index contributed by atoms with van der Waals surface area (Å²) in [6.07, 6.45) is 0. The molecule has 0 radical (unpaired) electrons. The summed E-state index contributed by atoms with van der Waals surface area (Å²) in [6.45, 7) is -0.339. The molecule has 0 fully saturated rings. The van der Waals surface area contributed by atoms with Crippen molar-refractivity contribution in [2.24, 2.45) is 0 Å². The smallest absolute Gasteiger partial charge is 0.341 e. The number of carboxylic acids is 1. The molecule has 3 rings (SSSR count). The van der Waals surface area contributed by atoms with Crippen molar-refractivity contribution in [3.8, 4) is 5.75 Å². The molecule has 0 bridgehead atoms. The number of aromatic amines is 1. The maximum atomic E-state index is 10.5. The Labute approximate surface area is 103 Å². The molecule has 1 aromatic heterocycles. The van der Waals surface area contributed by atoms with Crippen LogP contribution >= 0.6 is 0 Å². The highest BCUT2D eigenvalue weighted by Gasteiger charge is 2.09. The number of nitrogens with one attached hydrogen (secondary N) is 1. The number of carboxylic acid groups (broad SMARTS) is 1. The summed E-state index contributed by atoms with van der Waals surface area (Å²) in [5.74, 6) is -0.422. The first kappa shape index (κ1) is 10.7. The van der Waals surface area contributed by atoms with Gasteiger partial charge in [-0.3, -0.25) is 0 Å². The Balaban J connectivity index is 2.18. The number of aliphatic carboxylic acids is 1. The first-order valence-corrected chi connectivity index (χ1v) is 5.60. The predicted octanol–water partition coefficient (Wildman–Crippen LogP) is 2.78. The molecule has 90 valence electrons. The molecule has 0 saturated carbocycles. The van der Waals surface area contributed by atoms with Crippen molar-refractivity contribution >= 4 is 27.8 Å². The molecule has 0 saturated heterocycles. The molecule has 0 amide bonds. The lowest BCUT2D eigenvalue weighted by Gasteiger charge is -2.03. The van der Waals surface area contributed by atoms with Gasteiger partial charge in [0.15, 0.2) is 6.61 Å². The van der Waals surface area contributed by atoms with Crippen LogP contribution in [0.2, 0.25) is 0 Å². The molecule has 1 heterocycles. The van der Waals surface area contributed by atoms with E-state index in [0.29, 0.717) is 5.75 Å². The van der Waals surface area contributed by atoms with E-state index in [1.807, 2.05) is 36.4 Å². The van der Waals surface area contributed by atoms with E-state index < -0.39 is 5.97 Å². The highest BCUT2D eigenvalue weighted by Crippen LogP contribution is 2.31. The number of rotatable bonds is 3. The molecule has 0 aliphatic heterocycles. The van der Waals surface area contributed by atoms with Crippen molar-refractivity contribution in [1.82, 2.24) is 4.98 Å². The Kier molecular flexibility index (Phi) is 2.41. The van der Waals surface area contributed by atoms with Gasteiger partial charge in [-0.2, -0.15) is 0 Å². The summed E-state index contributed by atoms with van der Waals surface area (Å²) in [5.41, 5.74) is 1.85. The van der Waals surface area contributed by atoms with Gasteiger partial charge in [0.05, 0.1) is 5.52 Å². The summed E-state index contributed by atoms with van der Waals surface area (Å²) in [4.78, 5) is 13.8. The molecule has 0 unspecified atom stereocenters. The van der Waals surface area contributed by atoms with Crippen molar-refractivity contribution in [1.29, 1.82) is 0 Å². The molecule has 3 aromatic rings. The van der Waals surface area contributed by atoms with Crippen molar-refractivity contribution in [3.05, 3.63) is 42.5 Å². The second-order valence-electron chi connectivity index (χ2n) is 4.03. The van der Waals surface area contributed by atoms with Crippen LogP contribution in [0.4, 0.5) is 0 Å². The van der Waals surface area contributed by atoms with E-state index in [4.69, 9.17) is 9.84 Å². The van der Waals surface area contributed by atoms with E-state index in [1.54, 1.807) is 6.07 Å². The molecule has 4 heteroatoms. The molecule has 0 spiro atoms. The number of benzene rings is 2. The fraction of sp³-hybridized carbons (Fsp3) is 0.0714. The lowest BCUT2D eigenvalue weighted by Crippen LogP contribution is -2.09. The van der Waals surface area contributed by atoms with Gasteiger partial charge in [-0.1, -0.05) is 30.3 Å². The van der Waals surface area contributed by atoms with Gasteiger partial charge in [0, 0.05) is 16.3 Å². The van der Waals surface area contributed by atoms with Crippen LogP contribution in [-0.4, -0.2) is 22.7 Å². The van der Waals surface area contributed by atoms with Gasteiger partial charge in [0.1, 0.15) is 5.75 Å². The maximum Gasteiger partial charge on any atom is 0.341 e. The normalized spacial score (nSPS) is 10.9. The molecular weight excluding hydrogens is 230 g/mol. The Morgan fingerprint density at radius 3 is 2.72 bits per heavy atom. The van der Waals surface area contributed by atoms with Crippen molar-refractivity contribution in [2.75, 3.05) is 6.61 Å². The lowest BCUT2D eigenvalue weighted by atomic mass is 10.1. The zero-order chi connectivity index (χ0) is 12.5. The predicted molar refractivity (Wildman–Crippen MR) is 68.9 cm³/mol. The van der Waals surface area contributed by atoms with Crippen LogP contribution in [0.5, 0.6) is 5.75 Å². The minimum absolute atomic E-state index is 0.339. The summed E-state index contributed by atoms with van der Waals surface area (Å²) >= 11 is 0. The number of hydrogen-bond donors (Lipinski definition) is 2. The lowest BCUT2D eigenvalue weighted by molar-refractivity contribution is -0.139. The Hall–Kier alpha value is -2.49. The molecule has 0 atom stereocenters. The number of aromatic nitrogens is 1.